The second kappa shape index (κ2) is 6.90. The van der Waals surface area contributed by atoms with Crippen LogP contribution in [0.25, 0.3) is 11.0 Å². The van der Waals surface area contributed by atoms with Crippen LogP contribution in [-0.2, 0) is 4.79 Å². The van der Waals surface area contributed by atoms with E-state index in [9.17, 15) is 14.7 Å². The Morgan fingerprint density at radius 2 is 2.14 bits per heavy atom. The number of aliphatic hydroxyl groups is 1. The van der Waals surface area contributed by atoms with Crippen molar-refractivity contribution >= 4 is 16.9 Å². The summed E-state index contributed by atoms with van der Waals surface area (Å²) in [5, 5.41) is 13.0. The largest absolute Gasteiger partial charge is 0.493 e. The summed E-state index contributed by atoms with van der Waals surface area (Å²) in [7, 11) is 0. The SMILES string of the molecule is CC(=O)NCC(O)CCOc1ccc2ccc(=O)oc2c1. The number of hydrogen-bond acceptors (Lipinski definition) is 5. The quantitative estimate of drug-likeness (QED) is 0.777. The molecule has 1 unspecified atom stereocenters. The van der Waals surface area contributed by atoms with Gasteiger partial charge in [0.1, 0.15) is 11.3 Å². The molecule has 0 radical (unpaired) electrons. The topological polar surface area (TPSA) is 88.8 Å². The molecule has 6 nitrogen and oxygen atoms in total. The Morgan fingerprint density at radius 3 is 2.90 bits per heavy atom. The monoisotopic (exact) mass is 291 g/mol. The van der Waals surface area contributed by atoms with Gasteiger partial charge in [0.2, 0.25) is 5.91 Å². The van der Waals surface area contributed by atoms with Crippen LogP contribution in [0.3, 0.4) is 0 Å². The van der Waals surface area contributed by atoms with Crippen molar-refractivity contribution in [3.63, 3.8) is 0 Å². The number of benzene rings is 1. The molecule has 0 bridgehead atoms. The first-order valence-corrected chi connectivity index (χ1v) is 6.64. The summed E-state index contributed by atoms with van der Waals surface area (Å²) in [4.78, 5) is 21.9. The third-order valence-corrected chi connectivity index (χ3v) is 2.90. The van der Waals surface area contributed by atoms with Crippen molar-refractivity contribution in [1.29, 1.82) is 0 Å². The van der Waals surface area contributed by atoms with E-state index >= 15 is 0 Å². The summed E-state index contributed by atoms with van der Waals surface area (Å²) < 4.78 is 10.6. The molecule has 1 atom stereocenters. The van der Waals surface area contributed by atoms with Crippen LogP contribution < -0.4 is 15.7 Å². The second-order valence-corrected chi connectivity index (χ2v) is 4.68. The van der Waals surface area contributed by atoms with E-state index in [1.54, 1.807) is 24.3 Å². The molecule has 0 aliphatic heterocycles. The molecule has 1 heterocycles. The van der Waals surface area contributed by atoms with Crippen LogP contribution in [0.5, 0.6) is 5.75 Å². The van der Waals surface area contributed by atoms with E-state index in [0.717, 1.165) is 5.39 Å². The van der Waals surface area contributed by atoms with Crippen LogP contribution in [0.2, 0.25) is 0 Å². The van der Waals surface area contributed by atoms with Gasteiger partial charge in [-0.2, -0.15) is 0 Å². The summed E-state index contributed by atoms with van der Waals surface area (Å²) in [6.45, 7) is 1.89. The molecular formula is C15H17NO5. The van der Waals surface area contributed by atoms with Crippen LogP contribution >= 0.6 is 0 Å². The molecule has 1 aromatic heterocycles. The third-order valence-electron chi connectivity index (χ3n) is 2.90. The van der Waals surface area contributed by atoms with Gasteiger partial charge in [0.15, 0.2) is 0 Å². The van der Waals surface area contributed by atoms with Gasteiger partial charge in [-0.1, -0.05) is 0 Å². The highest BCUT2D eigenvalue weighted by molar-refractivity contribution is 5.77. The molecule has 6 heteroatoms. The van der Waals surface area contributed by atoms with Crippen molar-refractivity contribution in [2.24, 2.45) is 0 Å². The fraction of sp³-hybridized carbons (Fsp3) is 0.333. The molecule has 0 spiro atoms. The van der Waals surface area contributed by atoms with Crippen molar-refractivity contribution in [3.05, 3.63) is 40.8 Å². The molecule has 2 rings (SSSR count). The van der Waals surface area contributed by atoms with Crippen LogP contribution in [0.1, 0.15) is 13.3 Å². The normalized spacial score (nSPS) is 12.1. The number of fused-ring (bicyclic) bond motifs is 1. The lowest BCUT2D eigenvalue weighted by atomic mass is 10.2. The second-order valence-electron chi connectivity index (χ2n) is 4.68. The van der Waals surface area contributed by atoms with E-state index in [4.69, 9.17) is 9.15 Å². The lowest BCUT2D eigenvalue weighted by molar-refractivity contribution is -0.119. The number of rotatable bonds is 6. The minimum absolute atomic E-state index is 0.181. The molecular weight excluding hydrogens is 274 g/mol. The number of carbonyl (C=O) groups excluding carboxylic acids is 1. The van der Waals surface area contributed by atoms with Crippen molar-refractivity contribution in [3.8, 4) is 5.75 Å². The maximum absolute atomic E-state index is 11.1. The van der Waals surface area contributed by atoms with Crippen LogP contribution in [0.15, 0.2) is 39.5 Å². The summed E-state index contributed by atoms with van der Waals surface area (Å²) in [5.41, 5.74) is 0.0455. The smallest absolute Gasteiger partial charge is 0.336 e. The van der Waals surface area contributed by atoms with Gasteiger partial charge in [0.25, 0.3) is 0 Å². The Morgan fingerprint density at radius 1 is 1.38 bits per heavy atom. The predicted molar refractivity (Wildman–Crippen MR) is 77.3 cm³/mol. The minimum Gasteiger partial charge on any atom is -0.493 e. The Hall–Kier alpha value is -2.34. The Labute approximate surface area is 121 Å². The van der Waals surface area contributed by atoms with Crippen molar-refractivity contribution < 1.29 is 19.1 Å². The van der Waals surface area contributed by atoms with Crippen LogP contribution in [0, 0.1) is 0 Å². The van der Waals surface area contributed by atoms with Crippen molar-refractivity contribution in [2.45, 2.75) is 19.4 Å². The molecule has 112 valence electrons. The highest BCUT2D eigenvalue weighted by Gasteiger charge is 2.06. The summed E-state index contributed by atoms with van der Waals surface area (Å²) in [5.74, 6) is 0.378. The molecule has 0 aliphatic rings. The summed E-state index contributed by atoms with van der Waals surface area (Å²) >= 11 is 0. The molecule has 0 fully saturated rings. The van der Waals surface area contributed by atoms with Gasteiger partial charge in [-0.15, -0.1) is 0 Å². The molecule has 0 saturated carbocycles. The third kappa shape index (κ3) is 4.61. The lowest BCUT2D eigenvalue weighted by Crippen LogP contribution is -2.31. The van der Waals surface area contributed by atoms with Crippen molar-refractivity contribution in [2.75, 3.05) is 13.2 Å². The fourth-order valence-electron chi connectivity index (χ4n) is 1.81. The van der Waals surface area contributed by atoms with Gasteiger partial charge >= 0.3 is 5.63 Å². The highest BCUT2D eigenvalue weighted by atomic mass is 16.5. The van der Waals surface area contributed by atoms with Crippen LogP contribution in [0.4, 0.5) is 0 Å². The first kappa shape index (κ1) is 15.1. The predicted octanol–water partition coefficient (Wildman–Crippen LogP) is 1.06. The maximum Gasteiger partial charge on any atom is 0.336 e. The highest BCUT2D eigenvalue weighted by Crippen LogP contribution is 2.19. The minimum atomic E-state index is -0.660. The Balaban J connectivity index is 1.88. The lowest BCUT2D eigenvalue weighted by Gasteiger charge is -2.12. The van der Waals surface area contributed by atoms with E-state index in [1.165, 1.54) is 13.0 Å². The van der Waals surface area contributed by atoms with Gasteiger partial charge in [-0.25, -0.2) is 4.79 Å². The number of carbonyl (C=O) groups is 1. The van der Waals surface area contributed by atoms with Gasteiger partial charge in [-0.3, -0.25) is 4.79 Å². The van der Waals surface area contributed by atoms with E-state index in [1.807, 2.05) is 0 Å². The molecule has 2 N–H and O–H groups in total. The van der Waals surface area contributed by atoms with Gasteiger partial charge in [-0.05, 0) is 18.2 Å². The standard InChI is InChI=1S/C15H17NO5/c1-10(17)16-9-12(18)6-7-20-13-4-2-11-3-5-15(19)21-14(11)8-13/h2-5,8,12,18H,6-7,9H2,1H3,(H,16,17). The number of ether oxygens (including phenoxy) is 1. The molecule has 21 heavy (non-hydrogen) atoms. The average molecular weight is 291 g/mol. The molecule has 1 aromatic carbocycles. The summed E-state index contributed by atoms with van der Waals surface area (Å²) in [6.07, 6.45) is -0.274. The zero-order valence-corrected chi connectivity index (χ0v) is 11.7. The molecule has 0 saturated heterocycles. The zero-order chi connectivity index (χ0) is 15.2. The number of aliphatic hydroxyl groups excluding tert-OH is 1. The molecule has 2 aromatic rings. The number of hydrogen-bond donors (Lipinski definition) is 2. The number of nitrogens with one attached hydrogen (secondary N) is 1. The average Bonchev–Trinajstić information content (AvgIpc) is 2.44. The van der Waals surface area contributed by atoms with Crippen LogP contribution in [-0.4, -0.2) is 30.3 Å². The first-order valence-electron chi connectivity index (χ1n) is 6.64. The fourth-order valence-corrected chi connectivity index (χ4v) is 1.81. The van der Waals surface area contributed by atoms with Crippen molar-refractivity contribution in [1.82, 2.24) is 5.32 Å². The Bertz CT molecular complexity index is 679. The Kier molecular flexibility index (Phi) is 4.94. The van der Waals surface area contributed by atoms with Gasteiger partial charge < -0.3 is 19.6 Å². The molecule has 0 aliphatic carbocycles. The first-order chi connectivity index (χ1) is 10.0. The van der Waals surface area contributed by atoms with Gasteiger partial charge in [0, 0.05) is 37.4 Å². The van der Waals surface area contributed by atoms with E-state index < -0.39 is 11.7 Å². The van der Waals surface area contributed by atoms with Gasteiger partial charge in [0.05, 0.1) is 12.7 Å². The maximum atomic E-state index is 11.1. The number of amides is 1. The van der Waals surface area contributed by atoms with E-state index in [0.29, 0.717) is 24.4 Å². The zero-order valence-electron chi connectivity index (χ0n) is 11.7. The summed E-state index contributed by atoms with van der Waals surface area (Å²) in [6, 6.07) is 8.24. The van der Waals surface area contributed by atoms with E-state index in [-0.39, 0.29) is 12.5 Å². The molecule has 1 amide bonds. The van der Waals surface area contributed by atoms with E-state index in [2.05, 4.69) is 5.32 Å².